The molecule has 1 aliphatic rings. The first kappa shape index (κ1) is 28.7. The predicted octanol–water partition coefficient (Wildman–Crippen LogP) is 5.97. The molecule has 2 aromatic heterocycles. The number of carboxylic acids is 1. The molecule has 0 bridgehead atoms. The Bertz CT molecular complexity index is 1530. The molecule has 2 aromatic carbocycles. The van der Waals surface area contributed by atoms with Gasteiger partial charge in [0.05, 0.1) is 31.2 Å². The van der Waals surface area contributed by atoms with Crippen molar-refractivity contribution in [2.75, 3.05) is 29.9 Å². The fraction of sp³-hybridized carbons (Fsp3) is 0.312. The number of para-hydroxylation sites is 2. The SMILES string of the molecule is CCOc1ccccc1OC1CCCN(c2cncc(Nc3cccc(-c4cccc(OC(C)(C)C(=O)O)c4)n3)n2)C1. The zero-order chi connectivity index (χ0) is 29.5. The fourth-order valence-electron chi connectivity index (χ4n) is 4.67. The van der Waals surface area contributed by atoms with Crippen LogP contribution in [0.3, 0.4) is 0 Å². The standard InChI is InChI=1S/C32H35N5O5/c1-4-40-26-14-5-6-15-27(26)41-24-12-9-17-37(21-24)30-20-33-19-29(36-30)35-28-16-8-13-25(34-28)22-10-7-11-23(18-22)42-32(2,3)31(38)39/h5-8,10-11,13-16,18-20,24H,4,9,12,17,21H2,1-3H3,(H,38,39)(H,34,35,36). The Morgan fingerprint density at radius 2 is 1.83 bits per heavy atom. The highest BCUT2D eigenvalue weighted by molar-refractivity contribution is 5.77. The lowest BCUT2D eigenvalue weighted by Crippen LogP contribution is -2.41. The summed E-state index contributed by atoms with van der Waals surface area (Å²) in [6, 6.07) is 20.6. The first-order chi connectivity index (χ1) is 20.3. The summed E-state index contributed by atoms with van der Waals surface area (Å²) < 4.78 is 17.8. The van der Waals surface area contributed by atoms with Gasteiger partial charge in [-0.15, -0.1) is 0 Å². The Labute approximate surface area is 245 Å². The van der Waals surface area contributed by atoms with Crippen molar-refractivity contribution in [2.24, 2.45) is 0 Å². The maximum Gasteiger partial charge on any atom is 0.347 e. The minimum atomic E-state index is -1.35. The second kappa shape index (κ2) is 12.8. The van der Waals surface area contributed by atoms with Crippen LogP contribution in [-0.2, 0) is 4.79 Å². The van der Waals surface area contributed by atoms with Gasteiger partial charge in [0.15, 0.2) is 22.9 Å². The molecule has 0 spiro atoms. The van der Waals surface area contributed by atoms with E-state index in [2.05, 4.69) is 15.2 Å². The van der Waals surface area contributed by atoms with Crippen molar-refractivity contribution < 1.29 is 24.1 Å². The van der Waals surface area contributed by atoms with Gasteiger partial charge >= 0.3 is 5.97 Å². The van der Waals surface area contributed by atoms with Crippen molar-refractivity contribution in [3.8, 4) is 28.5 Å². The largest absolute Gasteiger partial charge is 0.490 e. The van der Waals surface area contributed by atoms with Crippen LogP contribution in [0.25, 0.3) is 11.3 Å². The quantitative estimate of drug-likeness (QED) is 0.224. The minimum Gasteiger partial charge on any atom is -0.490 e. The summed E-state index contributed by atoms with van der Waals surface area (Å²) in [5, 5.41) is 12.7. The summed E-state index contributed by atoms with van der Waals surface area (Å²) >= 11 is 0. The molecule has 1 saturated heterocycles. The molecule has 10 heteroatoms. The zero-order valence-electron chi connectivity index (χ0n) is 24.0. The third-order valence-electron chi connectivity index (χ3n) is 6.79. The topological polar surface area (TPSA) is 119 Å². The van der Waals surface area contributed by atoms with Crippen LogP contribution in [0.15, 0.2) is 79.1 Å². The van der Waals surface area contributed by atoms with E-state index in [0.717, 1.165) is 42.3 Å². The third-order valence-corrected chi connectivity index (χ3v) is 6.79. The predicted molar refractivity (Wildman–Crippen MR) is 161 cm³/mol. The average Bonchev–Trinajstić information content (AvgIpc) is 2.99. The molecule has 0 aliphatic carbocycles. The number of nitrogens with one attached hydrogen (secondary N) is 1. The maximum absolute atomic E-state index is 11.5. The molecule has 4 aromatic rings. The summed E-state index contributed by atoms with van der Waals surface area (Å²) in [6.07, 6.45) is 5.33. The van der Waals surface area contributed by atoms with Crippen molar-refractivity contribution in [2.45, 2.75) is 45.3 Å². The third kappa shape index (κ3) is 7.06. The van der Waals surface area contributed by atoms with Crippen molar-refractivity contribution >= 4 is 23.4 Å². The molecule has 0 saturated carbocycles. The van der Waals surface area contributed by atoms with Gasteiger partial charge in [0.25, 0.3) is 0 Å². The van der Waals surface area contributed by atoms with E-state index in [9.17, 15) is 9.90 Å². The van der Waals surface area contributed by atoms with Crippen molar-refractivity contribution in [3.05, 3.63) is 79.1 Å². The second-order valence-corrected chi connectivity index (χ2v) is 10.4. The Kier molecular flexibility index (Phi) is 8.71. The number of aliphatic carboxylic acids is 1. The Morgan fingerprint density at radius 3 is 2.64 bits per heavy atom. The van der Waals surface area contributed by atoms with Gasteiger partial charge in [0.2, 0.25) is 0 Å². The number of piperidine rings is 1. The lowest BCUT2D eigenvalue weighted by atomic mass is 10.1. The van der Waals surface area contributed by atoms with E-state index < -0.39 is 11.6 Å². The molecule has 1 unspecified atom stereocenters. The number of anilines is 3. The number of pyridine rings is 1. The molecular formula is C32H35N5O5. The van der Waals surface area contributed by atoms with E-state index in [4.69, 9.17) is 24.2 Å². The number of hydrogen-bond acceptors (Lipinski definition) is 9. The summed E-state index contributed by atoms with van der Waals surface area (Å²) in [4.78, 5) is 27.6. The number of carboxylic acid groups (broad SMARTS) is 1. The van der Waals surface area contributed by atoms with Gasteiger partial charge < -0.3 is 29.5 Å². The molecule has 1 fully saturated rings. The Hall–Kier alpha value is -4.86. The van der Waals surface area contributed by atoms with Gasteiger partial charge in [-0.2, -0.15) is 0 Å². The van der Waals surface area contributed by atoms with Crippen LogP contribution in [0.2, 0.25) is 0 Å². The second-order valence-electron chi connectivity index (χ2n) is 10.4. The first-order valence-electron chi connectivity index (χ1n) is 14.0. The van der Waals surface area contributed by atoms with E-state index in [1.54, 1.807) is 24.5 Å². The number of benzene rings is 2. The monoisotopic (exact) mass is 569 g/mol. The number of aromatic nitrogens is 3. The number of rotatable bonds is 11. The molecule has 5 rings (SSSR count). The average molecular weight is 570 g/mol. The van der Waals surface area contributed by atoms with Crippen LogP contribution in [0, 0.1) is 0 Å². The summed E-state index contributed by atoms with van der Waals surface area (Å²) in [6.45, 7) is 7.11. The lowest BCUT2D eigenvalue weighted by Gasteiger charge is -2.33. The normalized spacial score (nSPS) is 15.1. The summed E-state index contributed by atoms with van der Waals surface area (Å²) in [5.74, 6) is 2.84. The number of nitrogens with zero attached hydrogens (tertiary/aromatic N) is 4. The molecular weight excluding hydrogens is 534 g/mol. The molecule has 218 valence electrons. The van der Waals surface area contributed by atoms with E-state index in [0.29, 0.717) is 36.2 Å². The molecule has 1 aliphatic heterocycles. The van der Waals surface area contributed by atoms with Crippen LogP contribution in [0.4, 0.5) is 17.5 Å². The van der Waals surface area contributed by atoms with Crippen LogP contribution in [-0.4, -0.2) is 57.4 Å². The van der Waals surface area contributed by atoms with Gasteiger partial charge in [-0.3, -0.25) is 4.98 Å². The molecule has 2 N–H and O–H groups in total. The highest BCUT2D eigenvalue weighted by Gasteiger charge is 2.29. The number of ether oxygens (including phenoxy) is 3. The van der Waals surface area contributed by atoms with E-state index >= 15 is 0 Å². The van der Waals surface area contributed by atoms with Crippen LogP contribution in [0.5, 0.6) is 17.2 Å². The number of carbonyl (C=O) groups is 1. The molecule has 42 heavy (non-hydrogen) atoms. The summed E-state index contributed by atoms with van der Waals surface area (Å²) in [7, 11) is 0. The maximum atomic E-state index is 11.5. The van der Waals surface area contributed by atoms with Crippen LogP contribution < -0.4 is 24.4 Å². The van der Waals surface area contributed by atoms with Crippen LogP contribution >= 0.6 is 0 Å². The van der Waals surface area contributed by atoms with E-state index in [-0.39, 0.29) is 6.10 Å². The van der Waals surface area contributed by atoms with E-state index in [1.807, 2.05) is 61.5 Å². The smallest absolute Gasteiger partial charge is 0.347 e. The van der Waals surface area contributed by atoms with Gasteiger partial charge in [-0.25, -0.2) is 14.8 Å². The first-order valence-corrected chi connectivity index (χ1v) is 14.0. The fourth-order valence-corrected chi connectivity index (χ4v) is 4.67. The van der Waals surface area contributed by atoms with Crippen molar-refractivity contribution in [3.63, 3.8) is 0 Å². The van der Waals surface area contributed by atoms with Gasteiger partial charge in [0, 0.05) is 12.1 Å². The van der Waals surface area contributed by atoms with Crippen LogP contribution in [0.1, 0.15) is 33.6 Å². The number of hydrogen-bond donors (Lipinski definition) is 2. The molecule has 1 atom stereocenters. The molecule has 3 heterocycles. The van der Waals surface area contributed by atoms with E-state index in [1.165, 1.54) is 13.8 Å². The summed E-state index contributed by atoms with van der Waals surface area (Å²) in [5.41, 5.74) is 0.140. The molecule has 0 amide bonds. The van der Waals surface area contributed by atoms with Gasteiger partial charge in [-0.05, 0) is 70.0 Å². The lowest BCUT2D eigenvalue weighted by molar-refractivity contribution is -0.152. The van der Waals surface area contributed by atoms with Gasteiger partial charge in [-0.1, -0.05) is 30.3 Å². The zero-order valence-corrected chi connectivity index (χ0v) is 24.0. The Balaban J connectivity index is 1.27. The minimum absolute atomic E-state index is 0.00191. The Morgan fingerprint density at radius 1 is 1.02 bits per heavy atom. The highest BCUT2D eigenvalue weighted by Crippen LogP contribution is 2.30. The molecule has 0 radical (unpaired) electrons. The highest BCUT2D eigenvalue weighted by atomic mass is 16.5. The van der Waals surface area contributed by atoms with Crippen molar-refractivity contribution in [1.82, 2.24) is 15.0 Å². The molecule has 10 nitrogen and oxygen atoms in total. The van der Waals surface area contributed by atoms with Gasteiger partial charge in [0.1, 0.15) is 23.5 Å². The van der Waals surface area contributed by atoms with Crippen molar-refractivity contribution in [1.29, 1.82) is 0 Å².